The Hall–Kier alpha value is -0.570. The van der Waals surface area contributed by atoms with Crippen molar-refractivity contribution in [3.05, 3.63) is 0 Å². The highest BCUT2D eigenvalue weighted by Gasteiger charge is 2.25. The van der Waals surface area contributed by atoms with Gasteiger partial charge < -0.3 is 11.1 Å². The van der Waals surface area contributed by atoms with Crippen LogP contribution in [0.3, 0.4) is 0 Å². The van der Waals surface area contributed by atoms with Crippen LogP contribution in [0.15, 0.2) is 0 Å². The maximum atomic E-state index is 12.0. The summed E-state index contributed by atoms with van der Waals surface area (Å²) in [6, 6.07) is 0.256. The van der Waals surface area contributed by atoms with Crippen LogP contribution in [0, 0.1) is 11.3 Å². The van der Waals surface area contributed by atoms with Gasteiger partial charge >= 0.3 is 0 Å². The second-order valence-corrected chi connectivity index (χ2v) is 7.41. The lowest BCUT2D eigenvalue weighted by molar-refractivity contribution is -0.122. The van der Waals surface area contributed by atoms with E-state index in [-0.39, 0.29) is 17.4 Å². The van der Waals surface area contributed by atoms with E-state index in [2.05, 4.69) is 39.9 Å². The fourth-order valence-electron chi connectivity index (χ4n) is 2.32. The number of amides is 1. The van der Waals surface area contributed by atoms with E-state index in [0.717, 1.165) is 44.6 Å². The lowest BCUT2D eigenvalue weighted by Gasteiger charge is -2.31. The molecule has 0 fully saturated rings. The van der Waals surface area contributed by atoms with Crippen molar-refractivity contribution in [1.82, 2.24) is 5.32 Å². The molecule has 3 N–H and O–H groups in total. The first-order chi connectivity index (χ1) is 9.27. The predicted molar refractivity (Wildman–Crippen MR) is 87.6 cm³/mol. The summed E-state index contributed by atoms with van der Waals surface area (Å²) in [7, 11) is 0. The van der Waals surface area contributed by atoms with E-state index in [1.807, 2.05) is 0 Å². The van der Waals surface area contributed by atoms with Crippen LogP contribution in [0.25, 0.3) is 0 Å². The molecule has 0 spiro atoms. The van der Waals surface area contributed by atoms with Crippen LogP contribution in [-0.4, -0.2) is 18.5 Å². The first kappa shape index (κ1) is 19.4. The van der Waals surface area contributed by atoms with E-state index >= 15 is 0 Å². The van der Waals surface area contributed by atoms with Gasteiger partial charge in [-0.2, -0.15) is 0 Å². The molecule has 3 heteroatoms. The first-order valence-corrected chi connectivity index (χ1v) is 8.26. The van der Waals surface area contributed by atoms with Gasteiger partial charge in [0.2, 0.25) is 5.91 Å². The third kappa shape index (κ3) is 10.2. The van der Waals surface area contributed by atoms with Gasteiger partial charge in [-0.1, -0.05) is 53.9 Å². The summed E-state index contributed by atoms with van der Waals surface area (Å²) in [6.07, 6.45) is 7.19. The molecular weight excluding hydrogens is 248 g/mol. The number of unbranched alkanes of at least 4 members (excludes halogenated alkanes) is 2. The number of hydrogen-bond acceptors (Lipinski definition) is 2. The lowest BCUT2D eigenvalue weighted by Crippen LogP contribution is -2.43. The number of nitrogens with one attached hydrogen (secondary N) is 1. The van der Waals surface area contributed by atoms with Gasteiger partial charge in [-0.3, -0.25) is 4.79 Å². The van der Waals surface area contributed by atoms with Gasteiger partial charge in [-0.15, -0.1) is 0 Å². The van der Waals surface area contributed by atoms with E-state index < -0.39 is 0 Å². The van der Waals surface area contributed by atoms with Crippen LogP contribution in [0.5, 0.6) is 0 Å². The summed E-state index contributed by atoms with van der Waals surface area (Å²) in [5.74, 6) is 0.943. The largest absolute Gasteiger partial charge is 0.353 e. The Bertz CT molecular complexity index is 256. The van der Waals surface area contributed by atoms with Crippen molar-refractivity contribution < 1.29 is 4.79 Å². The Balaban J connectivity index is 4.06. The zero-order chi connectivity index (χ0) is 15.6. The number of carbonyl (C=O) groups excluding carboxylic acids is 1. The standard InChI is InChI=1S/C17H36N2O/c1-14(2)10-6-7-12-16(20)19-15(17(3,4)5)11-8-9-13-18/h14-15H,6-13,18H2,1-5H3,(H,19,20)/t15-/m0/s1. The molecule has 0 radical (unpaired) electrons. The fraction of sp³-hybridized carbons (Fsp3) is 0.941. The SMILES string of the molecule is CC(C)CCCCC(=O)N[C@@H](CCCCN)C(C)(C)C. The molecular formula is C17H36N2O. The summed E-state index contributed by atoms with van der Waals surface area (Å²) in [4.78, 5) is 12.0. The molecule has 0 aliphatic carbocycles. The lowest BCUT2D eigenvalue weighted by atomic mass is 9.83. The molecule has 1 atom stereocenters. The highest BCUT2D eigenvalue weighted by molar-refractivity contribution is 5.76. The maximum Gasteiger partial charge on any atom is 0.220 e. The van der Waals surface area contributed by atoms with Gasteiger partial charge in [0, 0.05) is 12.5 Å². The van der Waals surface area contributed by atoms with Crippen LogP contribution in [0.1, 0.15) is 79.6 Å². The van der Waals surface area contributed by atoms with Crippen LogP contribution < -0.4 is 11.1 Å². The fourth-order valence-corrected chi connectivity index (χ4v) is 2.32. The van der Waals surface area contributed by atoms with E-state index in [0.29, 0.717) is 6.42 Å². The third-order valence-electron chi connectivity index (χ3n) is 3.76. The van der Waals surface area contributed by atoms with Crippen LogP contribution >= 0.6 is 0 Å². The Kier molecular flexibility index (Phi) is 9.91. The summed E-state index contributed by atoms with van der Waals surface area (Å²) < 4.78 is 0. The molecule has 0 heterocycles. The van der Waals surface area contributed by atoms with Gasteiger partial charge in [-0.05, 0) is 37.1 Å². The van der Waals surface area contributed by atoms with Crippen molar-refractivity contribution in [2.75, 3.05) is 6.54 Å². The maximum absolute atomic E-state index is 12.0. The van der Waals surface area contributed by atoms with Crippen LogP contribution in [0.2, 0.25) is 0 Å². The van der Waals surface area contributed by atoms with E-state index in [1.54, 1.807) is 0 Å². The summed E-state index contributed by atoms with van der Waals surface area (Å²) in [5, 5.41) is 3.22. The molecule has 1 amide bonds. The molecule has 3 nitrogen and oxygen atoms in total. The van der Waals surface area contributed by atoms with Gasteiger partial charge in [0.15, 0.2) is 0 Å². The topological polar surface area (TPSA) is 55.1 Å². The molecule has 0 unspecified atom stereocenters. The van der Waals surface area contributed by atoms with E-state index in [4.69, 9.17) is 5.73 Å². The van der Waals surface area contributed by atoms with Gasteiger partial charge in [0.05, 0.1) is 0 Å². The van der Waals surface area contributed by atoms with Gasteiger partial charge in [0.1, 0.15) is 0 Å². The molecule has 0 bridgehead atoms. The smallest absolute Gasteiger partial charge is 0.220 e. The minimum absolute atomic E-state index is 0.113. The van der Waals surface area contributed by atoms with Crippen LogP contribution in [-0.2, 0) is 4.79 Å². The second-order valence-electron chi connectivity index (χ2n) is 7.41. The second kappa shape index (κ2) is 10.2. The average molecular weight is 284 g/mol. The Morgan fingerprint density at radius 2 is 1.65 bits per heavy atom. The normalized spacial score (nSPS) is 13.6. The van der Waals surface area contributed by atoms with Crippen LogP contribution in [0.4, 0.5) is 0 Å². The monoisotopic (exact) mass is 284 g/mol. The predicted octanol–water partition coefficient (Wildman–Crippen LogP) is 3.86. The van der Waals surface area contributed by atoms with E-state index in [9.17, 15) is 4.79 Å². The molecule has 0 aromatic carbocycles. The third-order valence-corrected chi connectivity index (χ3v) is 3.76. The minimum atomic E-state index is 0.113. The summed E-state index contributed by atoms with van der Waals surface area (Å²) >= 11 is 0. The Morgan fingerprint density at radius 1 is 1.05 bits per heavy atom. The Morgan fingerprint density at radius 3 is 2.15 bits per heavy atom. The van der Waals surface area contributed by atoms with Crippen molar-refractivity contribution >= 4 is 5.91 Å². The molecule has 0 aromatic heterocycles. The number of carbonyl (C=O) groups is 1. The van der Waals surface area contributed by atoms with Crippen molar-refractivity contribution in [2.24, 2.45) is 17.1 Å². The average Bonchev–Trinajstić information content (AvgIpc) is 2.32. The van der Waals surface area contributed by atoms with E-state index in [1.165, 1.54) is 6.42 Å². The van der Waals surface area contributed by atoms with Crippen molar-refractivity contribution in [2.45, 2.75) is 85.6 Å². The summed E-state index contributed by atoms with van der Waals surface area (Å²) in [5.41, 5.74) is 5.66. The number of nitrogens with two attached hydrogens (primary N) is 1. The molecule has 0 aromatic rings. The van der Waals surface area contributed by atoms with Crippen molar-refractivity contribution in [3.8, 4) is 0 Å². The van der Waals surface area contributed by atoms with Gasteiger partial charge in [-0.25, -0.2) is 0 Å². The molecule has 0 saturated heterocycles. The highest BCUT2D eigenvalue weighted by atomic mass is 16.1. The zero-order valence-electron chi connectivity index (χ0n) is 14.3. The van der Waals surface area contributed by atoms with Crippen molar-refractivity contribution in [1.29, 1.82) is 0 Å². The molecule has 20 heavy (non-hydrogen) atoms. The van der Waals surface area contributed by atoms with Crippen molar-refractivity contribution in [3.63, 3.8) is 0 Å². The highest BCUT2D eigenvalue weighted by Crippen LogP contribution is 2.23. The van der Waals surface area contributed by atoms with Gasteiger partial charge in [0.25, 0.3) is 0 Å². The minimum Gasteiger partial charge on any atom is -0.353 e. The zero-order valence-corrected chi connectivity index (χ0v) is 14.3. The number of rotatable bonds is 10. The molecule has 0 aliphatic heterocycles. The molecule has 0 rings (SSSR count). The quantitative estimate of drug-likeness (QED) is 0.598. The molecule has 120 valence electrons. The Labute approximate surface area is 126 Å². The molecule has 0 aliphatic rings. The first-order valence-electron chi connectivity index (χ1n) is 8.26. The summed E-state index contributed by atoms with van der Waals surface area (Å²) in [6.45, 7) is 11.8. The number of hydrogen-bond donors (Lipinski definition) is 2. The molecule has 0 saturated carbocycles.